The summed E-state index contributed by atoms with van der Waals surface area (Å²) in [5.41, 5.74) is -0.0970. The molecule has 0 saturated heterocycles. The van der Waals surface area contributed by atoms with Gasteiger partial charge in [0.25, 0.3) is 0 Å². The number of rotatable bonds is 4. The molecule has 0 radical (unpaired) electrons. The van der Waals surface area contributed by atoms with Crippen LogP contribution >= 0.6 is 7.60 Å². The zero-order valence-electron chi connectivity index (χ0n) is 15.6. The maximum absolute atomic E-state index is 13.8. The Morgan fingerprint density at radius 1 is 1.14 bits per heavy atom. The number of amides is 1. The van der Waals surface area contributed by atoms with Crippen molar-refractivity contribution in [1.82, 2.24) is 0 Å². The zero-order valence-corrected chi connectivity index (χ0v) is 16.5. The predicted molar refractivity (Wildman–Crippen MR) is 111 cm³/mol. The van der Waals surface area contributed by atoms with Crippen molar-refractivity contribution in [3.8, 4) is 0 Å². The molecule has 0 saturated carbocycles. The molecule has 0 bridgehead atoms. The van der Waals surface area contributed by atoms with Crippen molar-refractivity contribution in [2.45, 2.75) is 11.6 Å². The van der Waals surface area contributed by atoms with Gasteiger partial charge in [0.05, 0.1) is 0 Å². The summed E-state index contributed by atoms with van der Waals surface area (Å²) in [6.45, 7) is 0.208. The highest BCUT2D eigenvalue weighted by Crippen LogP contribution is 2.52. The Kier molecular flexibility index (Phi) is 4.90. The fourth-order valence-corrected chi connectivity index (χ4v) is 5.08. The largest absolute Gasteiger partial charge is 0.374 e. The number of carbonyl (C=O) groups excluding carboxylic acids is 1. The Balaban J connectivity index is 1.68. The molecule has 3 aromatic carbocycles. The molecule has 4 rings (SSSR count). The molecular weight excluding hydrogens is 394 g/mol. The molecule has 0 aliphatic carbocycles. The molecule has 29 heavy (non-hydrogen) atoms. The molecule has 150 valence electrons. The first-order valence-corrected chi connectivity index (χ1v) is 10.8. The van der Waals surface area contributed by atoms with Crippen molar-refractivity contribution in [2.75, 3.05) is 23.8 Å². The van der Waals surface area contributed by atoms with Crippen LogP contribution in [-0.4, -0.2) is 34.9 Å². The molecule has 3 N–H and O–H groups in total. The molecule has 1 heterocycles. The third-order valence-corrected chi connectivity index (χ3v) is 6.62. The number of nitrogens with zero attached hydrogens (tertiary/aromatic N) is 1. The Labute approximate surface area is 167 Å². The lowest BCUT2D eigenvalue weighted by Crippen LogP contribution is -2.35. The van der Waals surface area contributed by atoms with Gasteiger partial charge in [0.1, 0.15) is 11.5 Å². The molecule has 2 unspecified atom stereocenters. The summed E-state index contributed by atoms with van der Waals surface area (Å²) in [6.07, 6.45) is 0. The molecule has 3 aromatic rings. The third-order valence-electron chi connectivity index (χ3n) is 5.30. The first-order valence-electron chi connectivity index (χ1n) is 9.09. The van der Waals surface area contributed by atoms with Gasteiger partial charge in [-0.15, -0.1) is 0 Å². The molecule has 2 atom stereocenters. The minimum atomic E-state index is -4.82. The second-order valence-corrected chi connectivity index (χ2v) is 9.01. The first-order chi connectivity index (χ1) is 13.7. The highest BCUT2D eigenvalue weighted by molar-refractivity contribution is 7.53. The summed E-state index contributed by atoms with van der Waals surface area (Å²) >= 11 is 0. The summed E-state index contributed by atoms with van der Waals surface area (Å²) < 4.78 is 26.1. The van der Waals surface area contributed by atoms with E-state index in [1.165, 1.54) is 12.1 Å². The van der Waals surface area contributed by atoms with Crippen LogP contribution in [0, 0.1) is 5.82 Å². The minimum absolute atomic E-state index is 0.208. The standard InChI is InChI=1S/C21H20FN2O4P/c1-24-12-18(17-11-15(22)7-9-19(17)24)20(29(26,27)28)21(25)23-16-8-6-13-4-2-3-5-14(13)10-16/h2-11,18,20H,12H2,1H3,(H,23,25)(H2,26,27,28). The molecule has 0 fully saturated rings. The van der Waals surface area contributed by atoms with Gasteiger partial charge in [-0.2, -0.15) is 0 Å². The van der Waals surface area contributed by atoms with Crippen LogP contribution in [0.3, 0.4) is 0 Å². The number of anilines is 2. The molecule has 6 nitrogen and oxygen atoms in total. The molecule has 8 heteroatoms. The number of hydrogen-bond donors (Lipinski definition) is 3. The Hall–Kier alpha value is -2.73. The van der Waals surface area contributed by atoms with E-state index in [4.69, 9.17) is 0 Å². The Morgan fingerprint density at radius 3 is 2.59 bits per heavy atom. The van der Waals surface area contributed by atoms with E-state index in [2.05, 4.69) is 5.32 Å². The van der Waals surface area contributed by atoms with Crippen molar-refractivity contribution >= 4 is 35.7 Å². The number of halogens is 1. The van der Waals surface area contributed by atoms with Crippen molar-refractivity contribution in [3.05, 3.63) is 72.0 Å². The van der Waals surface area contributed by atoms with E-state index >= 15 is 0 Å². The van der Waals surface area contributed by atoms with Gasteiger partial charge >= 0.3 is 7.60 Å². The van der Waals surface area contributed by atoms with E-state index < -0.39 is 30.9 Å². The molecule has 0 spiro atoms. The van der Waals surface area contributed by atoms with Crippen LogP contribution in [0.5, 0.6) is 0 Å². The Bertz CT molecular complexity index is 1150. The van der Waals surface area contributed by atoms with Crippen molar-refractivity contribution < 1.29 is 23.5 Å². The minimum Gasteiger partial charge on any atom is -0.374 e. The van der Waals surface area contributed by atoms with Gasteiger partial charge in [0.2, 0.25) is 5.91 Å². The summed E-state index contributed by atoms with van der Waals surface area (Å²) in [5.74, 6) is -2.13. The highest BCUT2D eigenvalue weighted by Gasteiger charge is 2.46. The third kappa shape index (κ3) is 3.77. The molecular formula is C21H20FN2O4P. The lowest BCUT2D eigenvalue weighted by Gasteiger charge is -2.24. The van der Waals surface area contributed by atoms with Crippen LogP contribution in [0.25, 0.3) is 10.8 Å². The lowest BCUT2D eigenvalue weighted by molar-refractivity contribution is -0.116. The molecule has 0 aromatic heterocycles. The van der Waals surface area contributed by atoms with Gasteiger partial charge in [-0.25, -0.2) is 4.39 Å². The van der Waals surface area contributed by atoms with E-state index in [-0.39, 0.29) is 6.54 Å². The van der Waals surface area contributed by atoms with E-state index in [1.54, 1.807) is 30.1 Å². The summed E-state index contributed by atoms with van der Waals surface area (Å²) in [4.78, 5) is 34.7. The first kappa shape index (κ1) is 19.6. The van der Waals surface area contributed by atoms with E-state index in [9.17, 15) is 23.5 Å². The molecule has 1 amide bonds. The van der Waals surface area contributed by atoms with E-state index in [1.807, 2.05) is 30.3 Å². The summed E-state index contributed by atoms with van der Waals surface area (Å²) in [6, 6.07) is 16.9. The van der Waals surface area contributed by atoms with Crippen LogP contribution in [-0.2, 0) is 9.36 Å². The number of likely N-dealkylation sites (N-methyl/N-ethyl adjacent to an activating group) is 1. The quantitative estimate of drug-likeness (QED) is 0.567. The van der Waals surface area contributed by atoms with Gasteiger partial charge in [-0.1, -0.05) is 30.3 Å². The number of benzene rings is 3. The number of carbonyl (C=O) groups is 1. The number of hydrogen-bond acceptors (Lipinski definition) is 3. The van der Waals surface area contributed by atoms with Gasteiger partial charge in [-0.05, 0) is 46.7 Å². The second kappa shape index (κ2) is 7.26. The van der Waals surface area contributed by atoms with Gasteiger partial charge in [-0.3, -0.25) is 9.36 Å². The zero-order chi connectivity index (χ0) is 20.8. The van der Waals surface area contributed by atoms with Crippen molar-refractivity contribution in [3.63, 3.8) is 0 Å². The lowest BCUT2D eigenvalue weighted by atomic mass is 9.96. The smallest absolute Gasteiger partial charge is 0.338 e. The van der Waals surface area contributed by atoms with Gasteiger partial charge in [0, 0.05) is 30.9 Å². The average Bonchev–Trinajstić information content (AvgIpc) is 2.96. The number of fused-ring (bicyclic) bond motifs is 2. The van der Waals surface area contributed by atoms with Crippen LogP contribution in [0.2, 0.25) is 0 Å². The van der Waals surface area contributed by atoms with Crippen LogP contribution in [0.4, 0.5) is 15.8 Å². The second-order valence-electron chi connectivity index (χ2n) is 7.28. The van der Waals surface area contributed by atoms with Crippen LogP contribution in [0.1, 0.15) is 11.5 Å². The average molecular weight is 414 g/mol. The van der Waals surface area contributed by atoms with Gasteiger partial charge < -0.3 is 20.0 Å². The topological polar surface area (TPSA) is 89.9 Å². The predicted octanol–water partition coefficient (Wildman–Crippen LogP) is 3.70. The normalized spacial score (nSPS) is 17.2. The van der Waals surface area contributed by atoms with E-state index in [0.29, 0.717) is 16.9 Å². The molecule has 1 aliphatic heterocycles. The fraction of sp³-hybridized carbons (Fsp3) is 0.190. The maximum Gasteiger partial charge on any atom is 0.338 e. The Morgan fingerprint density at radius 2 is 1.86 bits per heavy atom. The summed E-state index contributed by atoms with van der Waals surface area (Å²) in [7, 11) is -3.08. The SMILES string of the molecule is CN1CC(C(C(=O)Nc2ccc3ccccc3c2)P(=O)(O)O)c2cc(F)ccc21. The monoisotopic (exact) mass is 414 g/mol. The van der Waals surface area contributed by atoms with Crippen LogP contribution < -0.4 is 10.2 Å². The molecule has 1 aliphatic rings. The summed E-state index contributed by atoms with van der Waals surface area (Å²) in [5, 5.41) is 4.51. The van der Waals surface area contributed by atoms with E-state index in [0.717, 1.165) is 10.8 Å². The number of nitrogens with one attached hydrogen (secondary N) is 1. The van der Waals surface area contributed by atoms with Crippen molar-refractivity contribution in [2.24, 2.45) is 0 Å². The fourth-order valence-electron chi connectivity index (χ4n) is 3.98. The highest BCUT2D eigenvalue weighted by atomic mass is 31.2. The maximum atomic E-state index is 13.8. The van der Waals surface area contributed by atoms with Crippen LogP contribution in [0.15, 0.2) is 60.7 Å². The van der Waals surface area contributed by atoms with Gasteiger partial charge in [0.15, 0.2) is 0 Å². The van der Waals surface area contributed by atoms with Crippen molar-refractivity contribution in [1.29, 1.82) is 0 Å².